The highest BCUT2D eigenvalue weighted by Crippen LogP contribution is 2.25. The van der Waals surface area contributed by atoms with E-state index in [9.17, 15) is 0 Å². The summed E-state index contributed by atoms with van der Waals surface area (Å²) in [5, 5.41) is 0. The van der Waals surface area contributed by atoms with Crippen LogP contribution >= 0.6 is 0 Å². The third-order valence-corrected chi connectivity index (χ3v) is 1.73. The zero-order valence-corrected chi connectivity index (χ0v) is 7.31. The van der Waals surface area contributed by atoms with Crippen LogP contribution in [0.1, 0.15) is 40.0 Å². The summed E-state index contributed by atoms with van der Waals surface area (Å²) in [6.45, 7) is 7.71. The third kappa shape index (κ3) is 3.89. The highest BCUT2D eigenvalue weighted by atomic mass is 16.5. The Morgan fingerprint density at radius 2 is 1.90 bits per heavy atom. The van der Waals surface area contributed by atoms with E-state index < -0.39 is 0 Å². The third-order valence-electron chi connectivity index (χ3n) is 1.73. The normalized spacial score (nSPS) is 19.5. The van der Waals surface area contributed by atoms with Crippen LogP contribution < -0.4 is 0 Å². The van der Waals surface area contributed by atoms with Crippen LogP contribution in [0.5, 0.6) is 0 Å². The summed E-state index contributed by atoms with van der Waals surface area (Å²) >= 11 is 0. The van der Waals surface area contributed by atoms with Crippen molar-refractivity contribution in [2.45, 2.75) is 46.1 Å². The molecule has 1 rings (SSSR count). The van der Waals surface area contributed by atoms with Crippen LogP contribution in [0.3, 0.4) is 0 Å². The van der Waals surface area contributed by atoms with Gasteiger partial charge in [0.15, 0.2) is 0 Å². The number of rotatable bonds is 3. The molecular formula is C9H18O. The molecule has 0 amide bonds. The monoisotopic (exact) mass is 142 g/mol. The number of hydrogen-bond donors (Lipinski definition) is 0. The molecule has 1 saturated carbocycles. The standard InChI is InChI=1S/C9H18O/c1-9(2,3)6-7-10-8-4-5-8/h8H,4-7H2,1-3H3. The Labute approximate surface area is 63.8 Å². The zero-order valence-electron chi connectivity index (χ0n) is 7.31. The fourth-order valence-electron chi connectivity index (χ4n) is 0.766. The molecular weight excluding hydrogens is 124 g/mol. The van der Waals surface area contributed by atoms with Gasteiger partial charge in [-0.2, -0.15) is 0 Å². The minimum absolute atomic E-state index is 0.439. The van der Waals surface area contributed by atoms with Crippen molar-refractivity contribution in [1.82, 2.24) is 0 Å². The minimum atomic E-state index is 0.439. The molecule has 1 aliphatic carbocycles. The fourth-order valence-corrected chi connectivity index (χ4v) is 0.766. The molecule has 0 spiro atoms. The second-order valence-electron chi connectivity index (χ2n) is 4.38. The van der Waals surface area contributed by atoms with E-state index in [1.165, 1.54) is 19.3 Å². The van der Waals surface area contributed by atoms with E-state index >= 15 is 0 Å². The van der Waals surface area contributed by atoms with Gasteiger partial charge in [0.05, 0.1) is 6.10 Å². The quantitative estimate of drug-likeness (QED) is 0.588. The summed E-state index contributed by atoms with van der Waals surface area (Å²) in [7, 11) is 0. The molecule has 0 unspecified atom stereocenters. The Hall–Kier alpha value is -0.0400. The van der Waals surface area contributed by atoms with Gasteiger partial charge in [-0.3, -0.25) is 0 Å². The van der Waals surface area contributed by atoms with Gasteiger partial charge in [-0.05, 0) is 24.7 Å². The molecule has 1 heteroatoms. The molecule has 1 fully saturated rings. The first-order valence-corrected chi connectivity index (χ1v) is 4.19. The Kier molecular flexibility index (Phi) is 2.35. The molecule has 0 saturated heterocycles. The predicted molar refractivity (Wildman–Crippen MR) is 43.0 cm³/mol. The Morgan fingerprint density at radius 1 is 1.30 bits per heavy atom. The van der Waals surface area contributed by atoms with Crippen LogP contribution in [0.25, 0.3) is 0 Å². The van der Waals surface area contributed by atoms with E-state index in [2.05, 4.69) is 20.8 Å². The molecule has 10 heavy (non-hydrogen) atoms. The van der Waals surface area contributed by atoms with Crippen molar-refractivity contribution >= 4 is 0 Å². The summed E-state index contributed by atoms with van der Waals surface area (Å²) in [5.74, 6) is 0. The van der Waals surface area contributed by atoms with Crippen molar-refractivity contribution in [3.8, 4) is 0 Å². The average Bonchev–Trinajstić information content (AvgIpc) is 2.45. The molecule has 0 heterocycles. The van der Waals surface area contributed by atoms with Gasteiger partial charge >= 0.3 is 0 Å². The van der Waals surface area contributed by atoms with Gasteiger partial charge in [-0.1, -0.05) is 20.8 Å². The van der Waals surface area contributed by atoms with Crippen molar-refractivity contribution in [1.29, 1.82) is 0 Å². The predicted octanol–water partition coefficient (Wildman–Crippen LogP) is 2.60. The lowest BCUT2D eigenvalue weighted by Crippen LogP contribution is -2.09. The molecule has 60 valence electrons. The Bertz CT molecular complexity index is 97.8. The van der Waals surface area contributed by atoms with Gasteiger partial charge in [-0.25, -0.2) is 0 Å². The van der Waals surface area contributed by atoms with E-state index in [0.29, 0.717) is 11.5 Å². The van der Waals surface area contributed by atoms with Crippen LogP contribution in [0.15, 0.2) is 0 Å². The summed E-state index contributed by atoms with van der Waals surface area (Å²) in [5.41, 5.74) is 0.439. The van der Waals surface area contributed by atoms with Gasteiger partial charge < -0.3 is 4.74 Å². The molecule has 0 aromatic rings. The van der Waals surface area contributed by atoms with Crippen molar-refractivity contribution in [3.63, 3.8) is 0 Å². The average molecular weight is 142 g/mol. The van der Waals surface area contributed by atoms with Crippen LogP contribution in [0.2, 0.25) is 0 Å². The number of hydrogen-bond acceptors (Lipinski definition) is 1. The zero-order chi connectivity index (χ0) is 7.61. The number of ether oxygens (including phenoxy) is 1. The lowest BCUT2D eigenvalue weighted by atomic mass is 9.93. The summed E-state index contributed by atoms with van der Waals surface area (Å²) in [6, 6.07) is 0. The lowest BCUT2D eigenvalue weighted by Gasteiger charge is -2.17. The summed E-state index contributed by atoms with van der Waals surface area (Å²) in [4.78, 5) is 0. The first kappa shape index (κ1) is 8.06. The molecule has 1 aliphatic rings. The highest BCUT2D eigenvalue weighted by Gasteiger charge is 2.22. The van der Waals surface area contributed by atoms with E-state index in [0.717, 1.165) is 6.61 Å². The molecule has 0 N–H and O–H groups in total. The molecule has 0 atom stereocenters. The molecule has 0 aliphatic heterocycles. The van der Waals surface area contributed by atoms with Gasteiger partial charge in [0.25, 0.3) is 0 Å². The largest absolute Gasteiger partial charge is 0.378 e. The van der Waals surface area contributed by atoms with Crippen molar-refractivity contribution < 1.29 is 4.74 Å². The molecule has 0 radical (unpaired) electrons. The molecule has 0 aromatic carbocycles. The topological polar surface area (TPSA) is 9.23 Å². The van der Waals surface area contributed by atoms with Gasteiger partial charge in [0, 0.05) is 6.61 Å². The van der Waals surface area contributed by atoms with Crippen molar-refractivity contribution in [2.24, 2.45) is 5.41 Å². The maximum Gasteiger partial charge on any atom is 0.0577 e. The Morgan fingerprint density at radius 3 is 2.30 bits per heavy atom. The smallest absolute Gasteiger partial charge is 0.0577 e. The van der Waals surface area contributed by atoms with Crippen LogP contribution in [0.4, 0.5) is 0 Å². The van der Waals surface area contributed by atoms with Crippen LogP contribution in [-0.2, 0) is 4.74 Å². The maximum absolute atomic E-state index is 5.53. The van der Waals surface area contributed by atoms with Crippen LogP contribution in [-0.4, -0.2) is 12.7 Å². The van der Waals surface area contributed by atoms with E-state index in [1.54, 1.807) is 0 Å². The first-order chi connectivity index (χ1) is 4.58. The lowest BCUT2D eigenvalue weighted by molar-refractivity contribution is 0.0954. The Balaban J connectivity index is 1.93. The van der Waals surface area contributed by atoms with E-state index in [4.69, 9.17) is 4.74 Å². The molecule has 0 bridgehead atoms. The SMILES string of the molecule is CC(C)(C)CCOC1CC1. The second-order valence-corrected chi connectivity index (χ2v) is 4.38. The van der Waals surface area contributed by atoms with Crippen molar-refractivity contribution in [3.05, 3.63) is 0 Å². The fraction of sp³-hybridized carbons (Fsp3) is 1.00. The minimum Gasteiger partial charge on any atom is -0.378 e. The van der Waals surface area contributed by atoms with Crippen LogP contribution in [0, 0.1) is 5.41 Å². The summed E-state index contributed by atoms with van der Waals surface area (Å²) in [6.07, 6.45) is 4.40. The van der Waals surface area contributed by atoms with Crippen molar-refractivity contribution in [2.75, 3.05) is 6.61 Å². The second kappa shape index (κ2) is 2.91. The van der Waals surface area contributed by atoms with E-state index in [-0.39, 0.29) is 0 Å². The molecule has 0 aromatic heterocycles. The van der Waals surface area contributed by atoms with Gasteiger partial charge in [0.2, 0.25) is 0 Å². The van der Waals surface area contributed by atoms with Gasteiger partial charge in [-0.15, -0.1) is 0 Å². The molecule has 1 nitrogen and oxygen atoms in total. The van der Waals surface area contributed by atoms with E-state index in [1.807, 2.05) is 0 Å². The summed E-state index contributed by atoms with van der Waals surface area (Å²) < 4.78 is 5.53. The highest BCUT2D eigenvalue weighted by molar-refractivity contribution is 4.73. The first-order valence-electron chi connectivity index (χ1n) is 4.19. The maximum atomic E-state index is 5.53. The van der Waals surface area contributed by atoms with Gasteiger partial charge in [0.1, 0.15) is 0 Å².